The number of ether oxygens (including phenoxy) is 2. The number of hydrogen-bond donors (Lipinski definition) is 4. The summed E-state index contributed by atoms with van der Waals surface area (Å²) in [5, 5.41) is 0. The Labute approximate surface area is 327 Å². The van der Waals surface area contributed by atoms with Crippen LogP contribution in [0, 0.1) is 23.3 Å². The van der Waals surface area contributed by atoms with Gasteiger partial charge in [-0.15, -0.1) is 17.4 Å². The minimum atomic E-state index is -1.02. The van der Waals surface area contributed by atoms with E-state index < -0.39 is 8.07 Å². The fourth-order valence-corrected chi connectivity index (χ4v) is 7.53. The van der Waals surface area contributed by atoms with E-state index in [1.54, 1.807) is 33.5 Å². The maximum atomic E-state index is 5.92. The SMILES string of the molecule is C.CC#C[Si](C)(C)C.CC#Cc1cc(Sc2cnc(N)nc2N)c(C(C)C)nc1OC.COc1nc(C(C)C)c(Sc2cnc(N)nc2N)cc1Br. The van der Waals surface area contributed by atoms with Crippen LogP contribution in [0.25, 0.3) is 0 Å². The van der Waals surface area contributed by atoms with Crippen molar-refractivity contribution in [2.75, 3.05) is 37.2 Å². The zero-order chi connectivity index (χ0) is 38.5. The van der Waals surface area contributed by atoms with E-state index in [1.807, 2.05) is 19.1 Å². The molecule has 12 nitrogen and oxygen atoms in total. The third-order valence-corrected chi connectivity index (χ3v) is 9.93. The Bertz CT molecular complexity index is 1940. The second-order valence-electron chi connectivity index (χ2n) is 12.3. The molecule has 0 radical (unpaired) electrons. The molecule has 4 heterocycles. The van der Waals surface area contributed by atoms with Gasteiger partial charge in [0, 0.05) is 22.2 Å². The average molecular weight is 828 g/mol. The standard InChI is InChI=1S/C16H19N5OS.C13H16BrN5OS.C6H12Si.CH4/c1-5-6-10-7-11(13(9(2)3)20-15(10)22-4)23-12-8-19-16(18)21-14(12)17;1-6(2)10-8(4-7(14)12(18-10)20-3)21-9-5-17-13(16)19-11(9)15;1-5-6-7(2,3)4;/h7-9H,1-4H3,(H4,17,18,19,21);4-6H,1-3H3,(H4,15,16,17,19);1-4H3;1H4. The lowest BCUT2D eigenvalue weighted by atomic mass is 10.1. The predicted molar refractivity (Wildman–Crippen MR) is 223 cm³/mol. The van der Waals surface area contributed by atoms with Crippen LogP contribution >= 0.6 is 39.5 Å². The largest absolute Gasteiger partial charge is 0.480 e. The number of nitrogens with two attached hydrogens (primary N) is 4. The minimum Gasteiger partial charge on any atom is -0.480 e. The fraction of sp³-hybridized carbons (Fsp3) is 0.389. The van der Waals surface area contributed by atoms with Crippen molar-refractivity contribution in [1.29, 1.82) is 0 Å². The number of halogens is 1. The van der Waals surface area contributed by atoms with Crippen molar-refractivity contribution >= 4 is 71.1 Å². The topological polar surface area (TPSA) is 200 Å². The smallest absolute Gasteiger partial charge is 0.229 e. The maximum Gasteiger partial charge on any atom is 0.229 e. The molecule has 16 heteroatoms. The highest BCUT2D eigenvalue weighted by atomic mass is 79.9. The van der Waals surface area contributed by atoms with Crippen molar-refractivity contribution in [3.8, 4) is 35.1 Å². The Kier molecular flexibility index (Phi) is 18.8. The molecule has 0 atom stereocenters. The number of aromatic nitrogens is 6. The van der Waals surface area contributed by atoms with Crippen molar-refractivity contribution in [1.82, 2.24) is 29.9 Å². The van der Waals surface area contributed by atoms with Crippen LogP contribution in [-0.2, 0) is 0 Å². The van der Waals surface area contributed by atoms with Crippen molar-refractivity contribution in [3.63, 3.8) is 0 Å². The number of nitrogens with zero attached hydrogens (tertiary/aromatic N) is 6. The van der Waals surface area contributed by atoms with Gasteiger partial charge in [0.05, 0.1) is 45.4 Å². The maximum absolute atomic E-state index is 5.92. The molecule has 52 heavy (non-hydrogen) atoms. The van der Waals surface area contributed by atoms with E-state index in [9.17, 15) is 0 Å². The van der Waals surface area contributed by atoms with Gasteiger partial charge in [0.1, 0.15) is 19.7 Å². The monoisotopic (exact) mass is 826 g/mol. The molecule has 280 valence electrons. The van der Waals surface area contributed by atoms with Crippen LogP contribution in [0.5, 0.6) is 11.8 Å². The Morgan fingerprint density at radius 1 is 0.692 bits per heavy atom. The highest BCUT2D eigenvalue weighted by Crippen LogP contribution is 2.40. The Hall–Kier alpha value is -4.22. The molecule has 0 saturated carbocycles. The van der Waals surface area contributed by atoms with E-state index >= 15 is 0 Å². The molecule has 0 aromatic carbocycles. The number of anilines is 4. The lowest BCUT2D eigenvalue weighted by Gasteiger charge is -2.15. The second kappa shape index (κ2) is 21.3. The van der Waals surface area contributed by atoms with Gasteiger partial charge >= 0.3 is 0 Å². The number of methoxy groups -OCH3 is 2. The number of hydrogen-bond acceptors (Lipinski definition) is 14. The molecule has 0 fully saturated rings. The summed E-state index contributed by atoms with van der Waals surface area (Å²) in [7, 11) is 2.16. The molecular formula is C36H51BrN10O2S2Si. The van der Waals surface area contributed by atoms with Crippen LogP contribution < -0.4 is 32.4 Å². The molecule has 0 aliphatic carbocycles. The van der Waals surface area contributed by atoms with Crippen molar-refractivity contribution in [2.45, 2.75) is 100 Å². The highest BCUT2D eigenvalue weighted by Gasteiger charge is 2.18. The first-order valence-electron chi connectivity index (χ1n) is 15.8. The molecule has 4 aromatic heterocycles. The van der Waals surface area contributed by atoms with Gasteiger partial charge in [0.25, 0.3) is 0 Å². The van der Waals surface area contributed by atoms with Crippen LogP contribution in [0.2, 0.25) is 19.6 Å². The van der Waals surface area contributed by atoms with Crippen LogP contribution in [-0.4, -0.2) is 52.2 Å². The van der Waals surface area contributed by atoms with E-state index in [0.717, 1.165) is 41.0 Å². The molecular weight excluding hydrogens is 777 g/mol. The molecule has 0 saturated heterocycles. The molecule has 4 rings (SSSR count). The lowest BCUT2D eigenvalue weighted by molar-refractivity contribution is 0.391. The summed E-state index contributed by atoms with van der Waals surface area (Å²) in [6, 6.07) is 3.92. The van der Waals surface area contributed by atoms with Gasteiger partial charge in [-0.3, -0.25) is 0 Å². The van der Waals surface area contributed by atoms with Crippen molar-refractivity contribution in [2.24, 2.45) is 0 Å². The minimum absolute atomic E-state index is 0. The van der Waals surface area contributed by atoms with Gasteiger partial charge in [0.2, 0.25) is 23.7 Å². The molecule has 4 aromatic rings. The summed E-state index contributed by atoms with van der Waals surface area (Å²) in [5.41, 5.74) is 28.6. The second-order valence-corrected chi connectivity index (χ2v) is 20.0. The summed E-state index contributed by atoms with van der Waals surface area (Å²) in [6.07, 6.45) is 3.23. The predicted octanol–water partition coefficient (Wildman–Crippen LogP) is 8.30. The average Bonchev–Trinajstić information content (AvgIpc) is 3.04. The van der Waals surface area contributed by atoms with Crippen LogP contribution in [0.3, 0.4) is 0 Å². The molecule has 8 N–H and O–H groups in total. The van der Waals surface area contributed by atoms with Gasteiger partial charge in [-0.05, 0) is 53.7 Å². The summed E-state index contributed by atoms with van der Waals surface area (Å²) in [5.74, 6) is 11.4. The number of pyridine rings is 2. The molecule has 0 spiro atoms. The van der Waals surface area contributed by atoms with Crippen LogP contribution in [0.4, 0.5) is 23.5 Å². The Morgan fingerprint density at radius 3 is 1.48 bits per heavy atom. The fourth-order valence-electron chi connectivity index (χ4n) is 4.04. The van der Waals surface area contributed by atoms with E-state index in [4.69, 9.17) is 32.4 Å². The first-order chi connectivity index (χ1) is 23.9. The summed E-state index contributed by atoms with van der Waals surface area (Å²) in [6.45, 7) is 18.7. The van der Waals surface area contributed by atoms with Gasteiger partial charge in [0.15, 0.2) is 0 Å². The summed E-state index contributed by atoms with van der Waals surface area (Å²) in [4.78, 5) is 28.4. The number of rotatable bonds is 8. The quantitative estimate of drug-likeness (QED) is 0.0977. The molecule has 0 amide bonds. The van der Waals surface area contributed by atoms with E-state index in [-0.39, 0.29) is 31.2 Å². The van der Waals surface area contributed by atoms with Gasteiger partial charge in [-0.1, -0.05) is 84.2 Å². The van der Waals surface area contributed by atoms with Gasteiger partial charge < -0.3 is 32.4 Å². The van der Waals surface area contributed by atoms with E-state index in [2.05, 4.69) is 116 Å². The molecule has 0 aliphatic rings. The Balaban J connectivity index is 0.000000434. The zero-order valence-corrected chi connectivity index (χ0v) is 35.2. The van der Waals surface area contributed by atoms with Crippen LogP contribution in [0.1, 0.15) is 77.8 Å². The van der Waals surface area contributed by atoms with E-state index in [0.29, 0.717) is 23.4 Å². The normalized spacial score (nSPS) is 10.3. The number of nitrogen functional groups attached to an aromatic ring is 4. The third kappa shape index (κ3) is 14.1. The Morgan fingerprint density at radius 2 is 1.13 bits per heavy atom. The first-order valence-corrected chi connectivity index (χ1v) is 21.7. The molecule has 0 aliphatic heterocycles. The molecule has 0 bridgehead atoms. The van der Waals surface area contributed by atoms with Crippen molar-refractivity contribution < 1.29 is 9.47 Å². The van der Waals surface area contributed by atoms with Gasteiger partial charge in [-0.25, -0.2) is 19.9 Å². The lowest BCUT2D eigenvalue weighted by Crippen LogP contribution is -2.15. The first kappa shape index (κ1) is 45.8. The molecule has 0 unspecified atom stereocenters. The van der Waals surface area contributed by atoms with E-state index in [1.165, 1.54) is 23.5 Å². The zero-order valence-electron chi connectivity index (χ0n) is 31.0. The summed E-state index contributed by atoms with van der Waals surface area (Å²) < 4.78 is 11.4. The van der Waals surface area contributed by atoms with Crippen LogP contribution in [0.15, 0.2) is 48.6 Å². The summed E-state index contributed by atoms with van der Waals surface area (Å²) >= 11 is 6.35. The third-order valence-electron chi connectivity index (χ3n) is 6.20. The van der Waals surface area contributed by atoms with Crippen molar-refractivity contribution in [3.05, 3.63) is 46.0 Å². The highest BCUT2D eigenvalue weighted by molar-refractivity contribution is 9.10. The van der Waals surface area contributed by atoms with Gasteiger partial charge in [-0.2, -0.15) is 9.97 Å².